The largest absolute Gasteiger partial charge is 0.478 e. The van der Waals surface area contributed by atoms with Crippen LogP contribution in [0.3, 0.4) is 0 Å². The number of carbonyl (C=O) groups is 2. The number of halogens is 1. The minimum atomic E-state index is -1.10. The fourth-order valence-corrected chi connectivity index (χ4v) is 4.35. The SMILES string of the molecule is CN(c1ccccc1)c1cc(C(=O)O)cc(C(=O)c2ccc(N(CC3CC3)c3ccc(Cl)cc3)cn2)c1. The summed E-state index contributed by atoms with van der Waals surface area (Å²) in [5, 5.41) is 10.4. The molecule has 1 N–H and O–H groups in total. The first-order valence-electron chi connectivity index (χ1n) is 12.1. The predicted octanol–water partition coefficient (Wildman–Crippen LogP) is 6.98. The molecule has 37 heavy (non-hydrogen) atoms. The molecule has 0 bridgehead atoms. The normalized spacial score (nSPS) is 12.7. The number of rotatable bonds is 9. The summed E-state index contributed by atoms with van der Waals surface area (Å²) < 4.78 is 0. The highest BCUT2D eigenvalue weighted by molar-refractivity contribution is 6.30. The Morgan fingerprint density at radius 2 is 1.54 bits per heavy atom. The molecule has 1 heterocycles. The molecule has 186 valence electrons. The number of para-hydroxylation sites is 1. The molecule has 3 aromatic carbocycles. The molecule has 0 saturated heterocycles. The van der Waals surface area contributed by atoms with Gasteiger partial charge in [0.15, 0.2) is 0 Å². The van der Waals surface area contributed by atoms with Crippen LogP contribution in [0.15, 0.2) is 91.1 Å². The van der Waals surface area contributed by atoms with Gasteiger partial charge in [0.25, 0.3) is 0 Å². The first-order valence-corrected chi connectivity index (χ1v) is 12.5. The first kappa shape index (κ1) is 24.5. The van der Waals surface area contributed by atoms with Crippen molar-refractivity contribution in [1.82, 2.24) is 4.98 Å². The van der Waals surface area contributed by atoms with E-state index in [1.165, 1.54) is 18.9 Å². The molecule has 1 fully saturated rings. The lowest BCUT2D eigenvalue weighted by Gasteiger charge is -2.25. The van der Waals surface area contributed by atoms with Crippen LogP contribution >= 0.6 is 11.6 Å². The second-order valence-corrected chi connectivity index (χ2v) is 9.67. The van der Waals surface area contributed by atoms with E-state index in [-0.39, 0.29) is 22.6 Å². The average molecular weight is 512 g/mol. The molecule has 0 unspecified atom stereocenters. The van der Waals surface area contributed by atoms with Gasteiger partial charge in [-0.2, -0.15) is 0 Å². The lowest BCUT2D eigenvalue weighted by Crippen LogP contribution is -2.20. The summed E-state index contributed by atoms with van der Waals surface area (Å²) in [7, 11) is 1.84. The second-order valence-electron chi connectivity index (χ2n) is 9.23. The molecule has 0 radical (unpaired) electrons. The van der Waals surface area contributed by atoms with Crippen LogP contribution in [0.2, 0.25) is 5.02 Å². The summed E-state index contributed by atoms with van der Waals surface area (Å²) in [6, 6.07) is 25.5. The standard InChI is InChI=1S/C30H26ClN3O3/c1-33(24-5-3-2-4-6-24)27-16-21(15-22(17-27)30(36)37)29(35)28-14-13-26(18-32-28)34(19-20-7-8-20)25-11-9-23(31)10-12-25/h2-6,9-18,20H,7-8,19H2,1H3,(H,36,37). The quantitative estimate of drug-likeness (QED) is 0.244. The number of carboxylic acids is 1. The van der Waals surface area contributed by atoms with Gasteiger partial charge in [-0.1, -0.05) is 29.8 Å². The molecule has 0 spiro atoms. The van der Waals surface area contributed by atoms with Gasteiger partial charge in [-0.3, -0.25) is 9.78 Å². The van der Waals surface area contributed by atoms with Crippen molar-refractivity contribution < 1.29 is 14.7 Å². The van der Waals surface area contributed by atoms with Gasteiger partial charge < -0.3 is 14.9 Å². The van der Waals surface area contributed by atoms with E-state index in [4.69, 9.17) is 11.6 Å². The zero-order valence-corrected chi connectivity index (χ0v) is 21.1. The molecule has 6 nitrogen and oxygen atoms in total. The summed E-state index contributed by atoms with van der Waals surface area (Å²) in [6.07, 6.45) is 4.10. The monoisotopic (exact) mass is 511 g/mol. The number of hydrogen-bond donors (Lipinski definition) is 1. The molecule has 0 atom stereocenters. The van der Waals surface area contributed by atoms with Gasteiger partial charge in [0, 0.05) is 41.2 Å². The van der Waals surface area contributed by atoms with Crippen LogP contribution in [0.25, 0.3) is 0 Å². The van der Waals surface area contributed by atoms with Gasteiger partial charge in [-0.15, -0.1) is 0 Å². The summed E-state index contributed by atoms with van der Waals surface area (Å²) in [6.45, 7) is 0.868. The van der Waals surface area contributed by atoms with E-state index in [0.717, 1.165) is 23.6 Å². The molecule has 1 saturated carbocycles. The van der Waals surface area contributed by atoms with Crippen LogP contribution in [0.1, 0.15) is 39.3 Å². The van der Waals surface area contributed by atoms with Gasteiger partial charge in [0.1, 0.15) is 5.69 Å². The highest BCUT2D eigenvalue weighted by Crippen LogP contribution is 2.35. The van der Waals surface area contributed by atoms with Crippen molar-refractivity contribution in [3.63, 3.8) is 0 Å². The summed E-state index contributed by atoms with van der Waals surface area (Å²) >= 11 is 6.08. The van der Waals surface area contributed by atoms with E-state index < -0.39 is 5.97 Å². The highest BCUT2D eigenvalue weighted by atomic mass is 35.5. The third-order valence-electron chi connectivity index (χ3n) is 6.53. The highest BCUT2D eigenvalue weighted by Gasteiger charge is 2.26. The van der Waals surface area contributed by atoms with E-state index in [9.17, 15) is 14.7 Å². The molecule has 0 aliphatic heterocycles. The van der Waals surface area contributed by atoms with E-state index in [0.29, 0.717) is 16.6 Å². The maximum atomic E-state index is 13.4. The molecule has 1 aliphatic carbocycles. The Bertz CT molecular complexity index is 1420. The van der Waals surface area contributed by atoms with Crippen LogP contribution in [0.5, 0.6) is 0 Å². The van der Waals surface area contributed by atoms with Crippen molar-refractivity contribution in [2.45, 2.75) is 12.8 Å². The van der Waals surface area contributed by atoms with Gasteiger partial charge in [0.2, 0.25) is 5.78 Å². The van der Waals surface area contributed by atoms with E-state index in [1.54, 1.807) is 24.4 Å². The number of anilines is 4. The van der Waals surface area contributed by atoms with Gasteiger partial charge in [-0.05, 0) is 85.5 Å². The molecule has 0 amide bonds. The van der Waals surface area contributed by atoms with Crippen molar-refractivity contribution in [2.75, 3.05) is 23.4 Å². The van der Waals surface area contributed by atoms with E-state index >= 15 is 0 Å². The second kappa shape index (κ2) is 10.4. The van der Waals surface area contributed by atoms with Crippen molar-refractivity contribution >= 4 is 46.1 Å². The third kappa shape index (κ3) is 5.65. The minimum Gasteiger partial charge on any atom is -0.478 e. The van der Waals surface area contributed by atoms with Gasteiger partial charge in [0.05, 0.1) is 17.4 Å². The molecule has 7 heteroatoms. The number of aromatic nitrogens is 1. The maximum absolute atomic E-state index is 13.4. The lowest BCUT2D eigenvalue weighted by atomic mass is 10.0. The number of pyridine rings is 1. The van der Waals surface area contributed by atoms with Crippen molar-refractivity contribution in [2.24, 2.45) is 5.92 Å². The van der Waals surface area contributed by atoms with Crippen molar-refractivity contribution in [1.29, 1.82) is 0 Å². The fraction of sp³-hybridized carbons (Fsp3) is 0.167. The zero-order chi connectivity index (χ0) is 25.9. The molecular weight excluding hydrogens is 486 g/mol. The van der Waals surface area contributed by atoms with Crippen LogP contribution in [-0.4, -0.2) is 35.4 Å². The smallest absolute Gasteiger partial charge is 0.335 e. The van der Waals surface area contributed by atoms with Crippen molar-refractivity contribution in [3.05, 3.63) is 113 Å². The summed E-state index contributed by atoms with van der Waals surface area (Å²) in [5.41, 5.74) is 3.94. The van der Waals surface area contributed by atoms with Crippen LogP contribution < -0.4 is 9.80 Å². The van der Waals surface area contributed by atoms with Crippen LogP contribution in [-0.2, 0) is 0 Å². The Kier molecular flexibility index (Phi) is 6.93. The number of carboxylic acid groups (broad SMARTS) is 1. The Balaban J connectivity index is 1.44. The topological polar surface area (TPSA) is 73.7 Å². The number of benzene rings is 3. The van der Waals surface area contributed by atoms with Gasteiger partial charge >= 0.3 is 5.97 Å². The third-order valence-corrected chi connectivity index (χ3v) is 6.78. The Morgan fingerprint density at radius 1 is 0.865 bits per heavy atom. The lowest BCUT2D eigenvalue weighted by molar-refractivity contribution is 0.0697. The number of hydrogen-bond acceptors (Lipinski definition) is 5. The maximum Gasteiger partial charge on any atom is 0.335 e. The van der Waals surface area contributed by atoms with Gasteiger partial charge in [-0.25, -0.2) is 4.79 Å². The zero-order valence-electron chi connectivity index (χ0n) is 20.3. The van der Waals surface area contributed by atoms with Crippen LogP contribution in [0.4, 0.5) is 22.7 Å². The number of ketones is 1. The minimum absolute atomic E-state index is 0.0404. The van der Waals surface area contributed by atoms with E-state index in [1.807, 2.05) is 72.6 Å². The first-order chi connectivity index (χ1) is 17.9. The number of carbonyl (C=O) groups excluding carboxylic acids is 1. The molecular formula is C30H26ClN3O3. The number of nitrogens with zero attached hydrogens (tertiary/aromatic N) is 3. The fourth-order valence-electron chi connectivity index (χ4n) is 4.23. The molecule has 1 aromatic heterocycles. The number of aromatic carboxylic acids is 1. The summed E-state index contributed by atoms with van der Waals surface area (Å²) in [5.74, 6) is -0.798. The average Bonchev–Trinajstić information content (AvgIpc) is 3.76. The Hall–Kier alpha value is -4.16. The Morgan fingerprint density at radius 3 is 2.16 bits per heavy atom. The Labute approximate surface area is 220 Å². The van der Waals surface area contributed by atoms with E-state index in [2.05, 4.69) is 9.88 Å². The molecule has 4 aromatic rings. The van der Waals surface area contributed by atoms with Crippen molar-refractivity contribution in [3.8, 4) is 0 Å². The summed E-state index contributed by atoms with van der Waals surface area (Å²) in [4.78, 5) is 33.8. The molecule has 1 aliphatic rings. The molecule has 5 rings (SSSR count). The predicted molar refractivity (Wildman–Crippen MR) is 147 cm³/mol. The van der Waals surface area contributed by atoms with Crippen LogP contribution in [0, 0.1) is 5.92 Å².